The van der Waals surface area contributed by atoms with Crippen LogP contribution in [0, 0.1) is 16.0 Å². The Hall–Kier alpha value is -2.64. The maximum atomic E-state index is 12.7. The van der Waals surface area contributed by atoms with Gasteiger partial charge in [0.1, 0.15) is 0 Å². The first-order chi connectivity index (χ1) is 11.3. The number of rotatable bonds is 8. The van der Waals surface area contributed by atoms with E-state index in [1.165, 1.54) is 30.0 Å². The first-order valence-corrected chi connectivity index (χ1v) is 7.80. The highest BCUT2D eigenvalue weighted by atomic mass is 16.6. The van der Waals surface area contributed by atoms with Crippen LogP contribution in [0.3, 0.4) is 0 Å². The zero-order valence-electron chi connectivity index (χ0n) is 13.6. The van der Waals surface area contributed by atoms with Gasteiger partial charge in [-0.25, -0.2) is 0 Å². The lowest BCUT2D eigenvalue weighted by Crippen LogP contribution is -2.38. The van der Waals surface area contributed by atoms with Crippen LogP contribution < -0.4 is 4.74 Å². The number of hydrogen-bond acceptors (Lipinski definition) is 5. The molecule has 0 aromatic heterocycles. The Morgan fingerprint density at radius 2 is 2.12 bits per heavy atom. The number of nitrogens with zero attached hydrogens (tertiary/aromatic N) is 2. The fraction of sp³-hybridized carbons (Fsp3) is 0.500. The van der Waals surface area contributed by atoms with Crippen molar-refractivity contribution < 1.29 is 24.4 Å². The molecule has 8 heteroatoms. The van der Waals surface area contributed by atoms with Crippen molar-refractivity contribution in [3.8, 4) is 5.75 Å². The van der Waals surface area contributed by atoms with Crippen LogP contribution in [0.25, 0.3) is 0 Å². The third kappa shape index (κ3) is 4.01. The highest BCUT2D eigenvalue weighted by Crippen LogP contribution is 2.32. The molecule has 8 nitrogen and oxygen atoms in total. The zero-order valence-corrected chi connectivity index (χ0v) is 13.6. The molecule has 130 valence electrons. The molecular formula is C16H20N2O6. The van der Waals surface area contributed by atoms with E-state index in [4.69, 9.17) is 9.84 Å². The monoisotopic (exact) mass is 336 g/mol. The van der Waals surface area contributed by atoms with Crippen molar-refractivity contribution in [1.82, 2.24) is 4.90 Å². The summed E-state index contributed by atoms with van der Waals surface area (Å²) in [6, 6.07) is 4.07. The summed E-state index contributed by atoms with van der Waals surface area (Å²) < 4.78 is 5.21. The predicted molar refractivity (Wildman–Crippen MR) is 85.1 cm³/mol. The van der Waals surface area contributed by atoms with Gasteiger partial charge in [0, 0.05) is 24.2 Å². The molecule has 1 aromatic rings. The molecular weight excluding hydrogens is 316 g/mol. The molecule has 1 aliphatic rings. The molecule has 1 amide bonds. The van der Waals surface area contributed by atoms with E-state index in [1.807, 2.05) is 0 Å². The van der Waals surface area contributed by atoms with Crippen LogP contribution in [0.15, 0.2) is 18.2 Å². The topological polar surface area (TPSA) is 110 Å². The smallest absolute Gasteiger partial charge is 0.311 e. The van der Waals surface area contributed by atoms with Crippen molar-refractivity contribution in [2.24, 2.45) is 5.92 Å². The highest BCUT2D eigenvalue weighted by Gasteiger charge is 2.35. The minimum absolute atomic E-state index is 0.00456. The number of ether oxygens (including phenoxy) is 1. The van der Waals surface area contributed by atoms with Gasteiger partial charge >= 0.3 is 11.7 Å². The first kappa shape index (κ1) is 17.7. The summed E-state index contributed by atoms with van der Waals surface area (Å²) in [6.45, 7) is 3.61. The van der Waals surface area contributed by atoms with Gasteiger partial charge in [-0.1, -0.05) is 6.92 Å². The average Bonchev–Trinajstić information content (AvgIpc) is 3.36. The van der Waals surface area contributed by atoms with Crippen LogP contribution in [0.5, 0.6) is 5.75 Å². The highest BCUT2D eigenvalue weighted by molar-refractivity contribution is 5.95. The van der Waals surface area contributed by atoms with Crippen LogP contribution in [0.4, 0.5) is 5.69 Å². The lowest BCUT2D eigenvalue weighted by atomic mass is 10.1. The lowest BCUT2D eigenvalue weighted by Gasteiger charge is -2.24. The van der Waals surface area contributed by atoms with E-state index in [9.17, 15) is 19.7 Å². The summed E-state index contributed by atoms with van der Waals surface area (Å²) >= 11 is 0. The number of aliphatic carboxylic acids is 1. The largest absolute Gasteiger partial charge is 0.487 e. The van der Waals surface area contributed by atoms with Crippen molar-refractivity contribution in [3.05, 3.63) is 33.9 Å². The van der Waals surface area contributed by atoms with Crippen LogP contribution in [0.2, 0.25) is 0 Å². The molecule has 0 heterocycles. The Bertz CT molecular complexity index is 656. The van der Waals surface area contributed by atoms with Crippen molar-refractivity contribution in [2.75, 3.05) is 13.2 Å². The van der Waals surface area contributed by atoms with E-state index in [2.05, 4.69) is 0 Å². The fourth-order valence-electron chi connectivity index (χ4n) is 2.39. The molecule has 1 atom stereocenters. The van der Waals surface area contributed by atoms with E-state index >= 15 is 0 Å². The molecule has 1 fully saturated rings. The number of benzene rings is 1. The summed E-state index contributed by atoms with van der Waals surface area (Å²) in [5, 5.41) is 20.2. The molecule has 0 aliphatic heterocycles. The van der Waals surface area contributed by atoms with Gasteiger partial charge in [-0.3, -0.25) is 19.7 Å². The number of carbonyl (C=O) groups excluding carboxylic acids is 1. The van der Waals surface area contributed by atoms with Gasteiger partial charge in [0.15, 0.2) is 5.75 Å². The van der Waals surface area contributed by atoms with Gasteiger partial charge in [0.2, 0.25) is 0 Å². The van der Waals surface area contributed by atoms with Crippen molar-refractivity contribution in [1.29, 1.82) is 0 Å². The second-order valence-corrected chi connectivity index (χ2v) is 5.80. The zero-order chi connectivity index (χ0) is 17.9. The lowest BCUT2D eigenvalue weighted by molar-refractivity contribution is -0.385. The summed E-state index contributed by atoms with van der Waals surface area (Å²) in [5.41, 5.74) is -0.112. The van der Waals surface area contributed by atoms with E-state index in [1.54, 1.807) is 6.92 Å². The standard InChI is InChI=1S/C16H20N2O6/c1-3-24-14-7-4-11(8-13(14)18(22)23)15(19)17(12-5-6-12)9-10(2)16(20)21/h4,7-8,10,12H,3,5-6,9H2,1-2H3,(H,20,21). The number of carbonyl (C=O) groups is 2. The Kier molecular flexibility index (Phi) is 5.38. The van der Waals surface area contributed by atoms with Gasteiger partial charge in [-0.05, 0) is 31.9 Å². The predicted octanol–water partition coefficient (Wildman–Crippen LogP) is 2.32. The van der Waals surface area contributed by atoms with Crippen LogP contribution in [0.1, 0.15) is 37.0 Å². The number of hydrogen-bond donors (Lipinski definition) is 1. The molecule has 0 bridgehead atoms. The van der Waals surface area contributed by atoms with Gasteiger partial charge in [0.05, 0.1) is 17.4 Å². The maximum absolute atomic E-state index is 12.7. The normalized spacial score (nSPS) is 14.8. The summed E-state index contributed by atoms with van der Waals surface area (Å²) in [4.78, 5) is 35.8. The molecule has 1 unspecified atom stereocenters. The summed E-state index contributed by atoms with van der Waals surface area (Å²) in [6.07, 6.45) is 1.63. The van der Waals surface area contributed by atoms with E-state index in [-0.39, 0.29) is 36.2 Å². The Morgan fingerprint density at radius 3 is 2.62 bits per heavy atom. The Balaban J connectivity index is 2.27. The Labute approximate surface area is 139 Å². The van der Waals surface area contributed by atoms with Gasteiger partial charge in [-0.15, -0.1) is 0 Å². The number of amides is 1. The molecule has 0 saturated heterocycles. The van der Waals surface area contributed by atoms with Gasteiger partial charge in [0.25, 0.3) is 5.91 Å². The summed E-state index contributed by atoms with van der Waals surface area (Å²) in [7, 11) is 0. The number of nitro benzene ring substituents is 1. The minimum Gasteiger partial charge on any atom is -0.487 e. The minimum atomic E-state index is -0.980. The second-order valence-electron chi connectivity index (χ2n) is 5.80. The first-order valence-electron chi connectivity index (χ1n) is 7.80. The number of nitro groups is 1. The summed E-state index contributed by atoms with van der Waals surface area (Å²) in [5.74, 6) is -1.97. The van der Waals surface area contributed by atoms with Gasteiger partial charge in [-0.2, -0.15) is 0 Å². The van der Waals surface area contributed by atoms with Crippen molar-refractivity contribution in [2.45, 2.75) is 32.7 Å². The van der Waals surface area contributed by atoms with E-state index in [0.717, 1.165) is 12.8 Å². The number of carboxylic acids is 1. The second kappa shape index (κ2) is 7.29. The van der Waals surface area contributed by atoms with Crippen LogP contribution >= 0.6 is 0 Å². The average molecular weight is 336 g/mol. The van der Waals surface area contributed by atoms with E-state index in [0.29, 0.717) is 0 Å². The molecule has 1 saturated carbocycles. The van der Waals surface area contributed by atoms with Crippen LogP contribution in [-0.4, -0.2) is 46.0 Å². The third-order valence-corrected chi connectivity index (χ3v) is 3.84. The third-order valence-electron chi connectivity index (χ3n) is 3.84. The SMILES string of the molecule is CCOc1ccc(C(=O)N(CC(C)C(=O)O)C2CC2)cc1[N+](=O)[O-]. The quantitative estimate of drug-likeness (QED) is 0.576. The molecule has 2 rings (SSSR count). The molecule has 0 radical (unpaired) electrons. The van der Waals surface area contributed by atoms with Gasteiger partial charge < -0.3 is 14.7 Å². The van der Waals surface area contributed by atoms with E-state index < -0.39 is 22.7 Å². The fourth-order valence-corrected chi connectivity index (χ4v) is 2.39. The van der Waals surface area contributed by atoms with Crippen molar-refractivity contribution >= 4 is 17.6 Å². The number of carboxylic acid groups (broad SMARTS) is 1. The molecule has 0 spiro atoms. The molecule has 24 heavy (non-hydrogen) atoms. The van der Waals surface area contributed by atoms with Crippen LogP contribution in [-0.2, 0) is 4.79 Å². The van der Waals surface area contributed by atoms with Crippen molar-refractivity contribution in [3.63, 3.8) is 0 Å². The Morgan fingerprint density at radius 1 is 1.46 bits per heavy atom. The molecule has 1 N–H and O–H groups in total. The maximum Gasteiger partial charge on any atom is 0.311 e. The molecule has 1 aromatic carbocycles. The molecule has 1 aliphatic carbocycles.